The third-order valence-electron chi connectivity index (χ3n) is 2.86. The van der Waals surface area contributed by atoms with Crippen LogP contribution in [0.1, 0.15) is 31.4 Å². The first-order chi connectivity index (χ1) is 7.80. The third kappa shape index (κ3) is 4.19. The van der Waals surface area contributed by atoms with Crippen LogP contribution in [0.25, 0.3) is 0 Å². The van der Waals surface area contributed by atoms with Gasteiger partial charge in [0, 0.05) is 6.04 Å². The smallest absolute Gasteiger partial charge is 0.0142 e. The summed E-state index contributed by atoms with van der Waals surface area (Å²) < 4.78 is 0. The largest absolute Gasteiger partial charge is 0.314 e. The van der Waals surface area contributed by atoms with Crippen LogP contribution in [0.4, 0.5) is 0 Å². The predicted molar refractivity (Wildman–Crippen MR) is 71.8 cm³/mol. The molecule has 0 heterocycles. The number of aryl methyl sites for hydroxylation is 1. The molecule has 0 aromatic heterocycles. The van der Waals surface area contributed by atoms with E-state index in [1.807, 2.05) is 6.08 Å². The molecule has 1 N–H and O–H groups in total. The molecule has 1 aromatic rings. The lowest BCUT2D eigenvalue weighted by molar-refractivity contribution is 0.529. The van der Waals surface area contributed by atoms with Crippen LogP contribution in [-0.2, 0) is 12.8 Å². The number of nitrogens with one attached hydrogen (secondary N) is 1. The molecule has 0 saturated carbocycles. The Kier molecular flexibility index (Phi) is 5.87. The van der Waals surface area contributed by atoms with Gasteiger partial charge in [-0.1, -0.05) is 44.2 Å². The van der Waals surface area contributed by atoms with Crippen molar-refractivity contribution in [1.82, 2.24) is 5.32 Å². The van der Waals surface area contributed by atoms with Crippen molar-refractivity contribution in [2.45, 2.75) is 39.2 Å². The second-order valence-electron chi connectivity index (χ2n) is 4.15. The Balaban J connectivity index is 2.58. The van der Waals surface area contributed by atoms with E-state index >= 15 is 0 Å². The summed E-state index contributed by atoms with van der Waals surface area (Å²) >= 11 is 0. The Bertz CT molecular complexity index is 300. The molecule has 0 aliphatic rings. The highest BCUT2D eigenvalue weighted by Crippen LogP contribution is 2.09. The minimum atomic E-state index is 0.523. The van der Waals surface area contributed by atoms with E-state index in [0.717, 1.165) is 25.8 Å². The van der Waals surface area contributed by atoms with E-state index in [4.69, 9.17) is 0 Å². The minimum Gasteiger partial charge on any atom is -0.314 e. The molecule has 1 aromatic carbocycles. The lowest BCUT2D eigenvalue weighted by Crippen LogP contribution is -2.30. The Labute approximate surface area is 99.6 Å². The van der Waals surface area contributed by atoms with E-state index < -0.39 is 0 Å². The summed E-state index contributed by atoms with van der Waals surface area (Å²) in [7, 11) is 0. The van der Waals surface area contributed by atoms with E-state index in [1.165, 1.54) is 11.1 Å². The van der Waals surface area contributed by atoms with Gasteiger partial charge in [-0.25, -0.2) is 0 Å². The van der Waals surface area contributed by atoms with Crippen molar-refractivity contribution < 1.29 is 0 Å². The highest BCUT2D eigenvalue weighted by Gasteiger charge is 2.05. The van der Waals surface area contributed by atoms with Crippen LogP contribution < -0.4 is 5.32 Å². The van der Waals surface area contributed by atoms with E-state index in [1.54, 1.807) is 0 Å². The van der Waals surface area contributed by atoms with Gasteiger partial charge in [0.2, 0.25) is 0 Å². The molecule has 1 nitrogen and oxygen atoms in total. The van der Waals surface area contributed by atoms with E-state index in [-0.39, 0.29) is 0 Å². The first-order valence-electron chi connectivity index (χ1n) is 6.22. The summed E-state index contributed by atoms with van der Waals surface area (Å²) in [4.78, 5) is 0. The van der Waals surface area contributed by atoms with Gasteiger partial charge in [0.1, 0.15) is 0 Å². The maximum atomic E-state index is 3.81. The molecule has 1 rings (SSSR count). The maximum absolute atomic E-state index is 3.81. The third-order valence-corrected chi connectivity index (χ3v) is 2.86. The normalized spacial score (nSPS) is 12.4. The SMILES string of the molecule is C=CCC(Cc1ccc(CC)cc1)NCC. The first kappa shape index (κ1) is 13.0. The molecule has 1 heteroatoms. The Hall–Kier alpha value is -1.08. The standard InChI is InChI=1S/C15H23N/c1-4-7-15(16-6-3)12-14-10-8-13(5-2)9-11-14/h4,8-11,15-16H,1,5-7,12H2,2-3H3. The van der Waals surface area contributed by atoms with Crippen molar-refractivity contribution in [3.63, 3.8) is 0 Å². The Morgan fingerprint density at radius 1 is 1.19 bits per heavy atom. The summed E-state index contributed by atoms with van der Waals surface area (Å²) in [5.41, 5.74) is 2.82. The van der Waals surface area contributed by atoms with Crippen LogP contribution >= 0.6 is 0 Å². The van der Waals surface area contributed by atoms with Crippen LogP contribution in [0, 0.1) is 0 Å². The minimum absolute atomic E-state index is 0.523. The van der Waals surface area contributed by atoms with Gasteiger partial charge >= 0.3 is 0 Å². The predicted octanol–water partition coefficient (Wildman–Crippen LogP) is 3.35. The molecule has 16 heavy (non-hydrogen) atoms. The molecule has 0 amide bonds. The molecule has 0 aliphatic carbocycles. The Morgan fingerprint density at radius 2 is 1.81 bits per heavy atom. The number of hydrogen-bond donors (Lipinski definition) is 1. The Morgan fingerprint density at radius 3 is 2.31 bits per heavy atom. The molecule has 0 aliphatic heterocycles. The molecule has 88 valence electrons. The fourth-order valence-electron chi connectivity index (χ4n) is 1.92. The van der Waals surface area contributed by atoms with Gasteiger partial charge in [0.05, 0.1) is 0 Å². The highest BCUT2D eigenvalue weighted by molar-refractivity contribution is 5.23. The van der Waals surface area contributed by atoms with Crippen molar-refractivity contribution >= 4 is 0 Å². The molecule has 0 bridgehead atoms. The van der Waals surface area contributed by atoms with Gasteiger partial charge in [0.25, 0.3) is 0 Å². The number of hydrogen-bond acceptors (Lipinski definition) is 1. The van der Waals surface area contributed by atoms with Gasteiger partial charge in [0.15, 0.2) is 0 Å². The monoisotopic (exact) mass is 217 g/mol. The van der Waals surface area contributed by atoms with Crippen LogP contribution in [0.15, 0.2) is 36.9 Å². The van der Waals surface area contributed by atoms with Crippen molar-refractivity contribution in [3.8, 4) is 0 Å². The summed E-state index contributed by atoms with van der Waals surface area (Å²) in [5.74, 6) is 0. The summed E-state index contributed by atoms with van der Waals surface area (Å²) in [6.45, 7) is 9.17. The fourth-order valence-corrected chi connectivity index (χ4v) is 1.92. The van der Waals surface area contributed by atoms with Crippen molar-refractivity contribution in [3.05, 3.63) is 48.0 Å². The maximum Gasteiger partial charge on any atom is 0.0142 e. The van der Waals surface area contributed by atoms with E-state index in [2.05, 4.69) is 50.0 Å². The van der Waals surface area contributed by atoms with Gasteiger partial charge in [-0.05, 0) is 36.9 Å². The average molecular weight is 217 g/mol. The summed E-state index contributed by atoms with van der Waals surface area (Å²) in [6.07, 6.45) is 5.23. The number of benzene rings is 1. The van der Waals surface area contributed by atoms with Crippen molar-refractivity contribution in [2.75, 3.05) is 6.54 Å². The zero-order valence-electron chi connectivity index (χ0n) is 10.5. The summed E-state index contributed by atoms with van der Waals surface area (Å²) in [5, 5.41) is 3.49. The molecular formula is C15H23N. The second kappa shape index (κ2) is 7.24. The van der Waals surface area contributed by atoms with Crippen LogP contribution in [-0.4, -0.2) is 12.6 Å². The van der Waals surface area contributed by atoms with Crippen LogP contribution in [0.5, 0.6) is 0 Å². The van der Waals surface area contributed by atoms with Crippen LogP contribution in [0.2, 0.25) is 0 Å². The molecule has 0 spiro atoms. The van der Waals surface area contributed by atoms with E-state index in [9.17, 15) is 0 Å². The lowest BCUT2D eigenvalue weighted by Gasteiger charge is -2.16. The average Bonchev–Trinajstić information content (AvgIpc) is 2.31. The van der Waals surface area contributed by atoms with Gasteiger partial charge < -0.3 is 5.32 Å². The number of likely N-dealkylation sites (N-methyl/N-ethyl adjacent to an activating group) is 1. The van der Waals surface area contributed by atoms with Crippen molar-refractivity contribution in [1.29, 1.82) is 0 Å². The number of rotatable bonds is 7. The van der Waals surface area contributed by atoms with Gasteiger partial charge in [-0.2, -0.15) is 0 Å². The second-order valence-corrected chi connectivity index (χ2v) is 4.15. The van der Waals surface area contributed by atoms with Gasteiger partial charge in [-0.3, -0.25) is 0 Å². The zero-order valence-corrected chi connectivity index (χ0v) is 10.5. The molecule has 0 radical (unpaired) electrons. The lowest BCUT2D eigenvalue weighted by atomic mass is 10.0. The van der Waals surface area contributed by atoms with Crippen LogP contribution in [0.3, 0.4) is 0 Å². The molecule has 0 fully saturated rings. The quantitative estimate of drug-likeness (QED) is 0.691. The highest BCUT2D eigenvalue weighted by atomic mass is 14.9. The van der Waals surface area contributed by atoms with Gasteiger partial charge in [-0.15, -0.1) is 6.58 Å². The fraction of sp³-hybridized carbons (Fsp3) is 0.467. The first-order valence-corrected chi connectivity index (χ1v) is 6.22. The van der Waals surface area contributed by atoms with Crippen molar-refractivity contribution in [2.24, 2.45) is 0 Å². The topological polar surface area (TPSA) is 12.0 Å². The molecule has 1 atom stereocenters. The zero-order chi connectivity index (χ0) is 11.8. The summed E-state index contributed by atoms with van der Waals surface area (Å²) in [6, 6.07) is 9.46. The molecular weight excluding hydrogens is 194 g/mol. The van der Waals surface area contributed by atoms with E-state index in [0.29, 0.717) is 6.04 Å². The molecule has 1 unspecified atom stereocenters. The molecule has 0 saturated heterocycles.